The van der Waals surface area contributed by atoms with Gasteiger partial charge in [-0.1, -0.05) is 35.0 Å². The second kappa shape index (κ2) is 5.82. The SMILES string of the molecule is CC/C(=N/NC(N)=S)c1cccc(Br)c1. The first-order valence-electron chi connectivity index (χ1n) is 4.51. The first-order chi connectivity index (χ1) is 7.13. The molecular formula is C10H12BrN3S. The summed E-state index contributed by atoms with van der Waals surface area (Å²) in [7, 11) is 0. The highest BCUT2D eigenvalue weighted by Crippen LogP contribution is 2.13. The Hall–Kier alpha value is -0.940. The van der Waals surface area contributed by atoms with Crippen LogP contribution in [0.25, 0.3) is 0 Å². The zero-order valence-corrected chi connectivity index (χ0v) is 10.7. The van der Waals surface area contributed by atoms with Crippen molar-refractivity contribution in [2.75, 3.05) is 0 Å². The van der Waals surface area contributed by atoms with Crippen LogP contribution in [0.2, 0.25) is 0 Å². The monoisotopic (exact) mass is 285 g/mol. The van der Waals surface area contributed by atoms with E-state index >= 15 is 0 Å². The van der Waals surface area contributed by atoms with Crippen LogP contribution >= 0.6 is 28.1 Å². The number of rotatable bonds is 3. The van der Waals surface area contributed by atoms with Crippen molar-refractivity contribution >= 4 is 39.0 Å². The van der Waals surface area contributed by atoms with Gasteiger partial charge in [0, 0.05) is 4.47 Å². The Morgan fingerprint density at radius 1 is 1.60 bits per heavy atom. The fourth-order valence-electron chi connectivity index (χ4n) is 1.14. The van der Waals surface area contributed by atoms with Gasteiger partial charge in [0.15, 0.2) is 5.11 Å². The lowest BCUT2D eigenvalue weighted by atomic mass is 10.1. The second-order valence-electron chi connectivity index (χ2n) is 2.90. The second-order valence-corrected chi connectivity index (χ2v) is 4.25. The normalized spacial score (nSPS) is 11.2. The molecule has 0 aliphatic rings. The summed E-state index contributed by atoms with van der Waals surface area (Å²) in [5.74, 6) is 0. The molecule has 0 aliphatic heterocycles. The molecule has 1 rings (SSSR count). The van der Waals surface area contributed by atoms with Gasteiger partial charge in [-0.3, -0.25) is 5.43 Å². The van der Waals surface area contributed by atoms with Gasteiger partial charge in [0.1, 0.15) is 0 Å². The standard InChI is InChI=1S/C10H12BrN3S/c1-2-9(13-14-10(12)15)7-4-3-5-8(11)6-7/h3-6H,2H2,1H3,(H3,12,14,15)/b13-9-. The van der Waals surface area contributed by atoms with E-state index in [9.17, 15) is 0 Å². The molecule has 0 spiro atoms. The van der Waals surface area contributed by atoms with Crippen molar-refractivity contribution in [3.8, 4) is 0 Å². The van der Waals surface area contributed by atoms with E-state index in [2.05, 4.69) is 38.7 Å². The Labute approximate surface area is 103 Å². The summed E-state index contributed by atoms with van der Waals surface area (Å²) < 4.78 is 1.02. The number of hydrogen-bond donors (Lipinski definition) is 2. The molecule has 5 heteroatoms. The summed E-state index contributed by atoms with van der Waals surface area (Å²) >= 11 is 8.10. The van der Waals surface area contributed by atoms with Crippen molar-refractivity contribution in [1.82, 2.24) is 5.43 Å². The van der Waals surface area contributed by atoms with Crippen LogP contribution < -0.4 is 11.2 Å². The average Bonchev–Trinajstić information content (AvgIpc) is 2.18. The van der Waals surface area contributed by atoms with E-state index in [0.717, 1.165) is 22.2 Å². The lowest BCUT2D eigenvalue weighted by Crippen LogP contribution is -2.25. The maximum atomic E-state index is 5.31. The summed E-state index contributed by atoms with van der Waals surface area (Å²) in [6.45, 7) is 2.03. The van der Waals surface area contributed by atoms with Gasteiger partial charge < -0.3 is 5.73 Å². The molecule has 0 unspecified atom stereocenters. The van der Waals surface area contributed by atoms with Gasteiger partial charge in [-0.25, -0.2) is 0 Å². The van der Waals surface area contributed by atoms with Crippen LogP contribution in [-0.4, -0.2) is 10.8 Å². The Morgan fingerprint density at radius 3 is 2.87 bits per heavy atom. The minimum Gasteiger partial charge on any atom is -0.375 e. The molecular weight excluding hydrogens is 274 g/mol. The molecule has 0 aromatic heterocycles. The highest BCUT2D eigenvalue weighted by molar-refractivity contribution is 9.10. The van der Waals surface area contributed by atoms with Crippen molar-refractivity contribution in [2.24, 2.45) is 10.8 Å². The zero-order valence-electron chi connectivity index (χ0n) is 8.33. The van der Waals surface area contributed by atoms with Crippen molar-refractivity contribution in [3.05, 3.63) is 34.3 Å². The lowest BCUT2D eigenvalue weighted by molar-refractivity contribution is 1.01. The highest BCUT2D eigenvalue weighted by atomic mass is 79.9. The van der Waals surface area contributed by atoms with E-state index < -0.39 is 0 Å². The Bertz CT molecular complexity index is 390. The first-order valence-corrected chi connectivity index (χ1v) is 5.71. The average molecular weight is 286 g/mol. The van der Waals surface area contributed by atoms with Crippen molar-refractivity contribution < 1.29 is 0 Å². The maximum absolute atomic E-state index is 5.31. The third-order valence-corrected chi connectivity index (χ3v) is 2.38. The lowest BCUT2D eigenvalue weighted by Gasteiger charge is -2.05. The number of thiocarbonyl (C=S) groups is 1. The Morgan fingerprint density at radius 2 is 2.33 bits per heavy atom. The molecule has 15 heavy (non-hydrogen) atoms. The van der Waals surface area contributed by atoms with Gasteiger partial charge in [0.2, 0.25) is 0 Å². The molecule has 0 heterocycles. The van der Waals surface area contributed by atoms with Gasteiger partial charge >= 0.3 is 0 Å². The van der Waals surface area contributed by atoms with E-state index in [1.54, 1.807) is 0 Å². The largest absolute Gasteiger partial charge is 0.375 e. The first kappa shape index (κ1) is 12.1. The molecule has 0 atom stereocenters. The van der Waals surface area contributed by atoms with Crippen molar-refractivity contribution in [2.45, 2.75) is 13.3 Å². The molecule has 0 amide bonds. The van der Waals surface area contributed by atoms with E-state index in [4.69, 9.17) is 5.73 Å². The van der Waals surface area contributed by atoms with E-state index in [0.29, 0.717) is 0 Å². The van der Waals surface area contributed by atoms with E-state index in [1.807, 2.05) is 31.2 Å². The van der Waals surface area contributed by atoms with Crippen LogP contribution in [0.4, 0.5) is 0 Å². The molecule has 0 saturated heterocycles. The minimum absolute atomic E-state index is 0.177. The predicted molar refractivity (Wildman–Crippen MR) is 70.9 cm³/mol. The van der Waals surface area contributed by atoms with Gasteiger partial charge in [0.05, 0.1) is 5.71 Å². The molecule has 1 aromatic rings. The molecule has 3 nitrogen and oxygen atoms in total. The zero-order chi connectivity index (χ0) is 11.3. The van der Waals surface area contributed by atoms with E-state index in [-0.39, 0.29) is 5.11 Å². The van der Waals surface area contributed by atoms with Crippen LogP contribution in [-0.2, 0) is 0 Å². The summed E-state index contributed by atoms with van der Waals surface area (Å²) in [6.07, 6.45) is 0.812. The number of hydrazone groups is 1. The summed E-state index contributed by atoms with van der Waals surface area (Å²) in [5.41, 5.74) is 9.88. The summed E-state index contributed by atoms with van der Waals surface area (Å²) in [4.78, 5) is 0. The number of halogens is 1. The number of nitrogens with zero attached hydrogens (tertiary/aromatic N) is 1. The van der Waals surface area contributed by atoms with Gasteiger partial charge in [0.25, 0.3) is 0 Å². The Kier molecular flexibility index (Phi) is 4.71. The minimum atomic E-state index is 0.177. The molecule has 0 fully saturated rings. The number of nitrogens with one attached hydrogen (secondary N) is 1. The number of benzene rings is 1. The smallest absolute Gasteiger partial charge is 0.184 e. The van der Waals surface area contributed by atoms with Gasteiger partial charge in [-0.15, -0.1) is 0 Å². The van der Waals surface area contributed by atoms with Crippen LogP contribution in [0, 0.1) is 0 Å². The van der Waals surface area contributed by atoms with Crippen molar-refractivity contribution in [3.63, 3.8) is 0 Å². The van der Waals surface area contributed by atoms with Gasteiger partial charge in [-0.05, 0) is 36.3 Å². The molecule has 3 N–H and O–H groups in total. The molecule has 1 aromatic carbocycles. The van der Waals surface area contributed by atoms with E-state index in [1.165, 1.54) is 0 Å². The topological polar surface area (TPSA) is 50.4 Å². The third kappa shape index (κ3) is 3.97. The van der Waals surface area contributed by atoms with Gasteiger partial charge in [-0.2, -0.15) is 5.10 Å². The van der Waals surface area contributed by atoms with Crippen LogP contribution in [0.5, 0.6) is 0 Å². The molecule has 80 valence electrons. The fraction of sp³-hybridized carbons (Fsp3) is 0.200. The molecule has 0 aliphatic carbocycles. The summed E-state index contributed by atoms with van der Waals surface area (Å²) in [5, 5.41) is 4.31. The quantitative estimate of drug-likeness (QED) is 0.509. The third-order valence-electron chi connectivity index (χ3n) is 1.79. The summed E-state index contributed by atoms with van der Waals surface area (Å²) in [6, 6.07) is 7.93. The maximum Gasteiger partial charge on any atom is 0.184 e. The van der Waals surface area contributed by atoms with Crippen LogP contribution in [0.15, 0.2) is 33.8 Å². The molecule has 0 bridgehead atoms. The molecule has 0 saturated carbocycles. The predicted octanol–water partition coefficient (Wildman–Crippen LogP) is 2.40. The fourth-order valence-corrected chi connectivity index (χ4v) is 1.58. The number of hydrogen-bond acceptors (Lipinski definition) is 2. The number of nitrogens with two attached hydrogens (primary N) is 1. The molecule has 0 radical (unpaired) electrons. The van der Waals surface area contributed by atoms with Crippen molar-refractivity contribution in [1.29, 1.82) is 0 Å². The highest BCUT2D eigenvalue weighted by Gasteiger charge is 2.01. The van der Waals surface area contributed by atoms with Crippen LogP contribution in [0.3, 0.4) is 0 Å². The van der Waals surface area contributed by atoms with Crippen LogP contribution in [0.1, 0.15) is 18.9 Å². The Balaban J connectivity index is 2.92.